The number of nitrogens with zero attached hydrogens (tertiary/aromatic N) is 2. The molecule has 1 aliphatic rings. The van der Waals surface area contributed by atoms with Crippen LogP contribution in [-0.4, -0.2) is 38.4 Å². The predicted octanol–water partition coefficient (Wildman–Crippen LogP) is 4.04. The lowest BCUT2D eigenvalue weighted by Crippen LogP contribution is -2.37. The van der Waals surface area contributed by atoms with Crippen LogP contribution < -0.4 is 14.9 Å². The van der Waals surface area contributed by atoms with Crippen molar-refractivity contribution in [3.8, 4) is 0 Å². The smallest absolute Gasteiger partial charge is 0.261 e. The zero-order valence-corrected chi connectivity index (χ0v) is 19.2. The maximum Gasteiger partial charge on any atom is 0.261 e. The SMILES string of the molecule is O=C(NC1CCN(c2ccccn2)C1)c1cccc(NS(=O)(=O)c2ccc3ccccc3c2)c1. The lowest BCUT2D eigenvalue weighted by atomic mass is 10.1. The van der Waals surface area contributed by atoms with Crippen molar-refractivity contribution < 1.29 is 13.2 Å². The molecular weight excluding hydrogens is 448 g/mol. The quantitative estimate of drug-likeness (QED) is 0.442. The van der Waals surface area contributed by atoms with Gasteiger partial charge in [0.15, 0.2) is 0 Å². The average Bonchev–Trinajstić information content (AvgIpc) is 3.32. The second-order valence-corrected chi connectivity index (χ2v) is 9.97. The number of aromatic nitrogens is 1. The summed E-state index contributed by atoms with van der Waals surface area (Å²) < 4.78 is 28.5. The normalized spacial score (nSPS) is 15.9. The Bertz CT molecular complexity index is 1440. The third-order valence-corrected chi connectivity index (χ3v) is 7.28. The Morgan fingerprint density at radius 2 is 1.74 bits per heavy atom. The first kappa shape index (κ1) is 21.9. The Labute approximate surface area is 198 Å². The Balaban J connectivity index is 1.27. The van der Waals surface area contributed by atoms with E-state index < -0.39 is 10.0 Å². The van der Waals surface area contributed by atoms with Crippen LogP contribution in [0, 0.1) is 0 Å². The first-order valence-corrected chi connectivity index (χ1v) is 12.5. The minimum atomic E-state index is -3.80. The molecule has 8 heteroatoms. The molecule has 1 aromatic heterocycles. The van der Waals surface area contributed by atoms with Gasteiger partial charge >= 0.3 is 0 Å². The standard InChI is InChI=1S/C26H24N4O3S/c31-26(28-23-13-15-30(18-23)25-10-3-4-14-27-25)21-8-5-9-22(16-21)29-34(32,33)24-12-11-19-6-1-2-7-20(19)17-24/h1-12,14,16-17,23,29H,13,15,18H2,(H,28,31). The zero-order valence-electron chi connectivity index (χ0n) is 18.4. The maximum atomic E-state index is 13.0. The molecule has 34 heavy (non-hydrogen) atoms. The Hall–Kier alpha value is -3.91. The van der Waals surface area contributed by atoms with Crippen molar-refractivity contribution in [2.45, 2.75) is 17.4 Å². The summed E-state index contributed by atoms with van der Waals surface area (Å²) in [6, 6.07) is 24.9. The van der Waals surface area contributed by atoms with Crippen molar-refractivity contribution in [3.63, 3.8) is 0 Å². The van der Waals surface area contributed by atoms with Gasteiger partial charge in [0, 0.05) is 36.6 Å². The molecule has 0 spiro atoms. The number of fused-ring (bicyclic) bond motifs is 1. The third kappa shape index (κ3) is 4.72. The van der Waals surface area contributed by atoms with Crippen molar-refractivity contribution in [1.29, 1.82) is 0 Å². The number of nitrogens with one attached hydrogen (secondary N) is 2. The van der Waals surface area contributed by atoms with Crippen molar-refractivity contribution in [1.82, 2.24) is 10.3 Å². The summed E-state index contributed by atoms with van der Waals surface area (Å²) in [6.45, 7) is 1.49. The largest absolute Gasteiger partial charge is 0.354 e. The lowest BCUT2D eigenvalue weighted by molar-refractivity contribution is 0.0940. The number of carbonyl (C=O) groups is 1. The van der Waals surface area contributed by atoms with Gasteiger partial charge in [-0.25, -0.2) is 13.4 Å². The number of carbonyl (C=O) groups excluding carboxylic acids is 1. The first-order chi connectivity index (χ1) is 16.5. The van der Waals surface area contributed by atoms with Crippen molar-refractivity contribution in [3.05, 3.63) is 96.7 Å². The second kappa shape index (κ2) is 9.15. The highest BCUT2D eigenvalue weighted by Gasteiger charge is 2.25. The summed E-state index contributed by atoms with van der Waals surface area (Å²) >= 11 is 0. The fraction of sp³-hybridized carbons (Fsp3) is 0.154. The van der Waals surface area contributed by atoms with E-state index >= 15 is 0 Å². The van der Waals surface area contributed by atoms with Crippen LogP contribution in [0.25, 0.3) is 10.8 Å². The minimum absolute atomic E-state index is 0.00699. The molecule has 1 amide bonds. The van der Waals surface area contributed by atoms with Crippen LogP contribution in [0.2, 0.25) is 0 Å². The second-order valence-electron chi connectivity index (χ2n) is 8.29. The molecule has 2 N–H and O–H groups in total. The molecule has 4 aromatic rings. The zero-order chi connectivity index (χ0) is 23.5. The number of rotatable bonds is 6. The summed E-state index contributed by atoms with van der Waals surface area (Å²) in [5, 5.41) is 4.86. The van der Waals surface area contributed by atoms with Gasteiger partial charge < -0.3 is 10.2 Å². The van der Waals surface area contributed by atoms with Crippen LogP contribution in [0.15, 0.2) is 96.0 Å². The van der Waals surface area contributed by atoms with Gasteiger partial charge in [0.05, 0.1) is 4.90 Å². The van der Waals surface area contributed by atoms with Crippen LogP contribution in [0.3, 0.4) is 0 Å². The number of hydrogen-bond acceptors (Lipinski definition) is 5. The molecule has 1 unspecified atom stereocenters. The van der Waals surface area contributed by atoms with Gasteiger partial charge in [0.1, 0.15) is 5.82 Å². The van der Waals surface area contributed by atoms with Gasteiger partial charge in [-0.1, -0.05) is 42.5 Å². The summed E-state index contributed by atoms with van der Waals surface area (Å²) in [5.74, 6) is 0.656. The van der Waals surface area contributed by atoms with Crippen LogP contribution in [0.4, 0.5) is 11.5 Å². The number of hydrogen-bond donors (Lipinski definition) is 2. The minimum Gasteiger partial charge on any atom is -0.354 e. The molecule has 5 rings (SSSR count). The maximum absolute atomic E-state index is 13.0. The molecule has 7 nitrogen and oxygen atoms in total. The van der Waals surface area contributed by atoms with E-state index in [1.54, 1.807) is 48.7 Å². The van der Waals surface area contributed by atoms with E-state index in [9.17, 15) is 13.2 Å². The van der Waals surface area contributed by atoms with Crippen molar-refractivity contribution in [2.24, 2.45) is 0 Å². The fourth-order valence-corrected chi connectivity index (χ4v) is 5.25. The topological polar surface area (TPSA) is 91.4 Å². The van der Waals surface area contributed by atoms with Gasteiger partial charge in [-0.15, -0.1) is 0 Å². The summed E-state index contributed by atoms with van der Waals surface area (Å²) in [5.41, 5.74) is 0.734. The molecule has 0 saturated carbocycles. The predicted molar refractivity (Wildman–Crippen MR) is 134 cm³/mol. The van der Waals surface area contributed by atoms with Crippen LogP contribution in [0.1, 0.15) is 16.8 Å². The van der Waals surface area contributed by atoms with E-state index in [1.807, 2.05) is 42.5 Å². The van der Waals surface area contributed by atoms with Crippen molar-refractivity contribution in [2.75, 3.05) is 22.7 Å². The monoisotopic (exact) mass is 472 g/mol. The molecule has 3 aromatic carbocycles. The Morgan fingerprint density at radius 3 is 2.56 bits per heavy atom. The van der Waals surface area contributed by atoms with Crippen LogP contribution >= 0.6 is 0 Å². The van der Waals surface area contributed by atoms with E-state index in [0.29, 0.717) is 17.8 Å². The summed E-state index contributed by atoms with van der Waals surface area (Å²) in [7, 11) is -3.80. The molecule has 1 saturated heterocycles. The molecule has 2 heterocycles. The lowest BCUT2D eigenvalue weighted by Gasteiger charge is -2.18. The molecule has 1 fully saturated rings. The highest BCUT2D eigenvalue weighted by atomic mass is 32.2. The van der Waals surface area contributed by atoms with E-state index in [0.717, 1.165) is 29.6 Å². The molecule has 0 aliphatic carbocycles. The van der Waals surface area contributed by atoms with E-state index in [2.05, 4.69) is 19.9 Å². The third-order valence-electron chi connectivity index (χ3n) is 5.90. The first-order valence-electron chi connectivity index (χ1n) is 11.1. The molecule has 1 atom stereocenters. The van der Waals surface area contributed by atoms with Gasteiger partial charge in [0.2, 0.25) is 0 Å². The van der Waals surface area contributed by atoms with E-state index in [-0.39, 0.29) is 16.8 Å². The Morgan fingerprint density at radius 1 is 0.912 bits per heavy atom. The Kier molecular flexibility index (Phi) is 5.90. The number of sulfonamides is 1. The van der Waals surface area contributed by atoms with Crippen LogP contribution in [-0.2, 0) is 10.0 Å². The van der Waals surface area contributed by atoms with Gasteiger partial charge in [-0.2, -0.15) is 0 Å². The molecular formula is C26H24N4O3S. The highest BCUT2D eigenvalue weighted by molar-refractivity contribution is 7.92. The highest BCUT2D eigenvalue weighted by Crippen LogP contribution is 2.22. The molecule has 172 valence electrons. The van der Waals surface area contributed by atoms with Crippen molar-refractivity contribution >= 4 is 38.2 Å². The molecule has 0 radical (unpaired) electrons. The summed E-state index contributed by atoms with van der Waals surface area (Å²) in [4.78, 5) is 19.5. The summed E-state index contributed by atoms with van der Waals surface area (Å²) in [6.07, 6.45) is 2.57. The number of benzene rings is 3. The van der Waals surface area contributed by atoms with Crippen LogP contribution in [0.5, 0.6) is 0 Å². The van der Waals surface area contributed by atoms with E-state index in [4.69, 9.17) is 0 Å². The van der Waals surface area contributed by atoms with Gasteiger partial charge in [-0.05, 0) is 59.7 Å². The number of pyridine rings is 1. The molecule has 1 aliphatic heterocycles. The van der Waals surface area contributed by atoms with E-state index in [1.165, 1.54) is 0 Å². The average molecular weight is 473 g/mol. The van der Waals surface area contributed by atoms with Gasteiger partial charge in [0.25, 0.3) is 15.9 Å². The number of anilines is 2. The number of amides is 1. The fourth-order valence-electron chi connectivity index (χ4n) is 4.17. The van der Waals surface area contributed by atoms with Gasteiger partial charge in [-0.3, -0.25) is 9.52 Å². The molecule has 0 bridgehead atoms.